The van der Waals surface area contributed by atoms with Crippen molar-refractivity contribution in [3.05, 3.63) is 22.7 Å². The molecule has 1 aromatic carbocycles. The largest absolute Gasteiger partial charge is 0.493 e. The van der Waals surface area contributed by atoms with Crippen LogP contribution in [0, 0.1) is 0 Å². The highest BCUT2D eigenvalue weighted by Gasteiger charge is 2.23. The second-order valence-electron chi connectivity index (χ2n) is 5.27. The maximum atomic E-state index is 12.1. The molecule has 0 radical (unpaired) electrons. The van der Waals surface area contributed by atoms with E-state index in [0.717, 1.165) is 12.8 Å². The number of primary amides is 1. The van der Waals surface area contributed by atoms with Crippen molar-refractivity contribution < 1.29 is 23.9 Å². The number of carbonyl (C=O) groups is 3. The summed E-state index contributed by atoms with van der Waals surface area (Å²) in [6, 6.07) is 2.98. The minimum Gasteiger partial charge on any atom is -0.493 e. The first-order chi connectivity index (χ1) is 11.4. The van der Waals surface area contributed by atoms with Gasteiger partial charge in [0, 0.05) is 11.6 Å². The first-order valence-corrected chi connectivity index (χ1v) is 7.64. The van der Waals surface area contributed by atoms with Crippen molar-refractivity contribution in [3.63, 3.8) is 0 Å². The normalized spacial score (nSPS) is 13.1. The van der Waals surface area contributed by atoms with Crippen LogP contribution >= 0.6 is 11.6 Å². The number of methoxy groups -OCH3 is 1. The predicted molar refractivity (Wildman–Crippen MR) is 86.2 cm³/mol. The zero-order valence-electron chi connectivity index (χ0n) is 13.1. The molecular formula is C15H18ClN3O5. The Morgan fingerprint density at radius 2 is 2.04 bits per heavy atom. The summed E-state index contributed by atoms with van der Waals surface area (Å²) in [5.41, 5.74) is 5.21. The summed E-state index contributed by atoms with van der Waals surface area (Å²) >= 11 is 6.06. The molecule has 4 N–H and O–H groups in total. The van der Waals surface area contributed by atoms with E-state index in [0.29, 0.717) is 0 Å². The Balaban J connectivity index is 2.03. The Bertz CT molecular complexity index is 661. The summed E-state index contributed by atoms with van der Waals surface area (Å²) in [6.45, 7) is -0.502. The summed E-state index contributed by atoms with van der Waals surface area (Å²) in [4.78, 5) is 34.5. The number of benzene rings is 1. The highest BCUT2D eigenvalue weighted by molar-refractivity contribution is 6.32. The number of halogens is 1. The lowest BCUT2D eigenvalue weighted by atomic mass is 10.2. The van der Waals surface area contributed by atoms with Crippen LogP contribution in [-0.2, 0) is 9.59 Å². The first kappa shape index (κ1) is 17.9. The molecule has 1 aromatic rings. The molecule has 0 unspecified atom stereocenters. The van der Waals surface area contributed by atoms with Crippen LogP contribution in [0.5, 0.6) is 11.5 Å². The fourth-order valence-corrected chi connectivity index (χ4v) is 2.17. The topological polar surface area (TPSA) is 120 Å². The minimum absolute atomic E-state index is 0.0863. The van der Waals surface area contributed by atoms with Gasteiger partial charge in [0.15, 0.2) is 18.1 Å². The molecule has 3 amide bonds. The van der Waals surface area contributed by atoms with Gasteiger partial charge in [0.2, 0.25) is 5.91 Å². The Labute approximate surface area is 143 Å². The number of hydrogen-bond acceptors (Lipinski definition) is 5. The number of carbonyl (C=O) groups excluding carboxylic acids is 3. The smallest absolute Gasteiger partial charge is 0.255 e. The van der Waals surface area contributed by atoms with Gasteiger partial charge in [0.1, 0.15) is 0 Å². The van der Waals surface area contributed by atoms with Crippen molar-refractivity contribution in [1.82, 2.24) is 10.6 Å². The third-order valence-electron chi connectivity index (χ3n) is 3.20. The molecule has 9 heteroatoms. The average Bonchev–Trinajstić information content (AvgIpc) is 3.34. The molecule has 130 valence electrons. The Morgan fingerprint density at radius 3 is 2.62 bits per heavy atom. The molecule has 24 heavy (non-hydrogen) atoms. The molecule has 1 fully saturated rings. The van der Waals surface area contributed by atoms with Crippen LogP contribution in [0.4, 0.5) is 0 Å². The van der Waals surface area contributed by atoms with Gasteiger partial charge in [-0.2, -0.15) is 0 Å². The molecule has 0 saturated heterocycles. The summed E-state index contributed by atoms with van der Waals surface area (Å²) in [5, 5.41) is 5.35. The summed E-state index contributed by atoms with van der Waals surface area (Å²) in [6.07, 6.45) is 1.94. The van der Waals surface area contributed by atoms with Gasteiger partial charge >= 0.3 is 0 Å². The van der Waals surface area contributed by atoms with E-state index in [1.165, 1.54) is 19.2 Å². The predicted octanol–water partition coefficient (Wildman–Crippen LogP) is 0.221. The molecule has 1 aliphatic rings. The maximum Gasteiger partial charge on any atom is 0.255 e. The van der Waals surface area contributed by atoms with Crippen LogP contribution in [-0.4, -0.2) is 44.0 Å². The quantitative estimate of drug-likeness (QED) is 0.616. The average molecular weight is 356 g/mol. The number of nitrogens with two attached hydrogens (primary N) is 1. The molecule has 0 bridgehead atoms. The summed E-state index contributed by atoms with van der Waals surface area (Å²) in [7, 11) is 1.37. The number of hydrogen-bond donors (Lipinski definition) is 3. The second-order valence-corrected chi connectivity index (χ2v) is 5.68. The highest BCUT2D eigenvalue weighted by Crippen LogP contribution is 2.36. The van der Waals surface area contributed by atoms with E-state index in [2.05, 4.69) is 10.6 Å². The summed E-state index contributed by atoms with van der Waals surface area (Å²) < 4.78 is 10.3. The van der Waals surface area contributed by atoms with Gasteiger partial charge in [0.25, 0.3) is 11.8 Å². The molecule has 0 spiro atoms. The molecule has 8 nitrogen and oxygen atoms in total. The van der Waals surface area contributed by atoms with Crippen LogP contribution in [0.15, 0.2) is 12.1 Å². The number of ether oxygens (including phenoxy) is 2. The molecule has 0 atom stereocenters. The third-order valence-corrected chi connectivity index (χ3v) is 3.48. The van der Waals surface area contributed by atoms with Crippen LogP contribution < -0.4 is 25.8 Å². The first-order valence-electron chi connectivity index (χ1n) is 7.27. The number of nitrogens with one attached hydrogen (secondary N) is 2. The van der Waals surface area contributed by atoms with E-state index < -0.39 is 11.8 Å². The molecule has 2 rings (SSSR count). The monoisotopic (exact) mass is 355 g/mol. The van der Waals surface area contributed by atoms with Crippen molar-refractivity contribution in [2.24, 2.45) is 5.73 Å². The van der Waals surface area contributed by atoms with Crippen molar-refractivity contribution in [2.45, 2.75) is 18.9 Å². The lowest BCUT2D eigenvalue weighted by Gasteiger charge is -2.13. The zero-order chi connectivity index (χ0) is 17.7. The second kappa shape index (κ2) is 7.87. The van der Waals surface area contributed by atoms with Crippen LogP contribution in [0.1, 0.15) is 23.2 Å². The molecule has 0 heterocycles. The van der Waals surface area contributed by atoms with Crippen molar-refractivity contribution in [3.8, 4) is 11.5 Å². The Kier molecular flexibility index (Phi) is 5.86. The number of rotatable bonds is 8. The van der Waals surface area contributed by atoms with Crippen molar-refractivity contribution >= 4 is 29.3 Å². The van der Waals surface area contributed by atoms with Crippen LogP contribution in [0.3, 0.4) is 0 Å². The molecular weight excluding hydrogens is 338 g/mol. The van der Waals surface area contributed by atoms with Gasteiger partial charge in [-0.25, -0.2) is 0 Å². The van der Waals surface area contributed by atoms with Crippen molar-refractivity contribution in [1.29, 1.82) is 0 Å². The molecule has 0 aliphatic heterocycles. The van der Waals surface area contributed by atoms with E-state index in [1.807, 2.05) is 0 Å². The Morgan fingerprint density at radius 1 is 1.33 bits per heavy atom. The lowest BCUT2D eigenvalue weighted by molar-refractivity contribution is -0.120. The standard InChI is InChI=1S/C15H18ClN3O5/c1-23-11-5-8(4-10(16)14(11)24-7-12(17)20)15(22)18-6-13(21)19-9-2-3-9/h4-5,9H,2-3,6-7H2,1H3,(H2,17,20)(H,18,22)(H,19,21). The van der Waals surface area contributed by atoms with Gasteiger partial charge in [0.05, 0.1) is 18.7 Å². The van der Waals surface area contributed by atoms with Gasteiger partial charge in [-0.3, -0.25) is 14.4 Å². The molecule has 1 aliphatic carbocycles. The van der Waals surface area contributed by atoms with Crippen LogP contribution in [0.25, 0.3) is 0 Å². The van der Waals surface area contributed by atoms with E-state index in [-0.39, 0.29) is 47.2 Å². The van der Waals surface area contributed by atoms with Gasteiger partial charge in [-0.05, 0) is 25.0 Å². The van der Waals surface area contributed by atoms with Gasteiger partial charge in [-0.15, -0.1) is 0 Å². The SMILES string of the molecule is COc1cc(C(=O)NCC(=O)NC2CC2)cc(Cl)c1OCC(N)=O. The fraction of sp³-hybridized carbons (Fsp3) is 0.400. The van der Waals surface area contributed by atoms with E-state index in [9.17, 15) is 14.4 Å². The van der Waals surface area contributed by atoms with E-state index >= 15 is 0 Å². The molecule has 0 aromatic heterocycles. The molecule has 1 saturated carbocycles. The van der Waals surface area contributed by atoms with Crippen molar-refractivity contribution in [2.75, 3.05) is 20.3 Å². The van der Waals surface area contributed by atoms with E-state index in [4.69, 9.17) is 26.8 Å². The number of amides is 3. The zero-order valence-corrected chi connectivity index (χ0v) is 13.8. The van der Waals surface area contributed by atoms with Gasteiger partial charge in [-0.1, -0.05) is 11.6 Å². The highest BCUT2D eigenvalue weighted by atomic mass is 35.5. The maximum absolute atomic E-state index is 12.1. The van der Waals surface area contributed by atoms with Crippen LogP contribution in [0.2, 0.25) is 5.02 Å². The third kappa shape index (κ3) is 5.02. The minimum atomic E-state index is -0.670. The Hall–Kier alpha value is -2.48. The van der Waals surface area contributed by atoms with Gasteiger partial charge < -0.3 is 25.8 Å². The fourth-order valence-electron chi connectivity index (χ4n) is 1.90. The summed E-state index contributed by atoms with van der Waals surface area (Å²) in [5.74, 6) is -1.11. The van der Waals surface area contributed by atoms with E-state index in [1.54, 1.807) is 0 Å². The lowest BCUT2D eigenvalue weighted by Crippen LogP contribution is -2.37.